The van der Waals surface area contributed by atoms with Crippen LogP contribution < -0.4 is 10.1 Å². The molecule has 0 atom stereocenters. The Bertz CT molecular complexity index is 657. The van der Waals surface area contributed by atoms with Crippen LogP contribution in [-0.2, 0) is 6.54 Å². The summed E-state index contributed by atoms with van der Waals surface area (Å²) in [7, 11) is 0. The maximum Gasteiger partial charge on any atom is 0.219 e. The molecule has 3 nitrogen and oxygen atoms in total. The van der Waals surface area contributed by atoms with E-state index in [0.717, 1.165) is 26.9 Å². The van der Waals surface area contributed by atoms with Crippen LogP contribution in [0.2, 0.25) is 0 Å². The van der Waals surface area contributed by atoms with E-state index in [1.807, 2.05) is 31.2 Å². The third-order valence-electron chi connectivity index (χ3n) is 3.27. The van der Waals surface area contributed by atoms with Crippen LogP contribution in [0.25, 0.3) is 0 Å². The van der Waals surface area contributed by atoms with Crippen molar-refractivity contribution in [2.24, 2.45) is 0 Å². The van der Waals surface area contributed by atoms with Crippen LogP contribution in [0.3, 0.4) is 0 Å². The molecular formula is C16H16Br2N2O. The Morgan fingerprint density at radius 3 is 2.76 bits per heavy atom. The summed E-state index contributed by atoms with van der Waals surface area (Å²) in [6, 6.07) is 10.6. The summed E-state index contributed by atoms with van der Waals surface area (Å²) in [5.74, 6) is 1.39. The molecule has 5 heteroatoms. The lowest BCUT2D eigenvalue weighted by molar-refractivity contribution is 0.457. The number of ether oxygens (including phenoxy) is 1. The minimum absolute atomic E-state index is 0.630. The Kier molecular flexibility index (Phi) is 4.62. The Hall–Kier alpha value is -0.910. The smallest absolute Gasteiger partial charge is 0.219 e. The van der Waals surface area contributed by atoms with Crippen LogP contribution in [-0.4, -0.2) is 11.0 Å². The maximum absolute atomic E-state index is 5.90. The van der Waals surface area contributed by atoms with Crippen molar-refractivity contribution in [2.45, 2.75) is 32.4 Å². The number of nitrogens with zero attached hydrogens (tertiary/aromatic N) is 1. The van der Waals surface area contributed by atoms with Crippen molar-refractivity contribution in [3.05, 3.63) is 50.5 Å². The van der Waals surface area contributed by atoms with Gasteiger partial charge in [-0.25, -0.2) is 4.98 Å². The Balaban J connectivity index is 1.77. The highest BCUT2D eigenvalue weighted by Crippen LogP contribution is 2.31. The number of hydrogen-bond donors (Lipinski definition) is 1. The predicted octanol–water partition coefficient (Wildman–Crippen LogP) is 4.96. The first-order valence-electron chi connectivity index (χ1n) is 6.94. The quantitative estimate of drug-likeness (QED) is 0.754. The molecule has 2 aromatic rings. The van der Waals surface area contributed by atoms with Gasteiger partial charge in [0.05, 0.1) is 4.47 Å². The molecule has 0 amide bonds. The largest absolute Gasteiger partial charge is 0.438 e. The fraction of sp³-hybridized carbons (Fsp3) is 0.312. The number of halogens is 2. The summed E-state index contributed by atoms with van der Waals surface area (Å²) < 4.78 is 7.81. The second kappa shape index (κ2) is 6.46. The highest BCUT2D eigenvalue weighted by atomic mass is 79.9. The van der Waals surface area contributed by atoms with Gasteiger partial charge in [0, 0.05) is 28.8 Å². The molecule has 1 saturated carbocycles. The minimum Gasteiger partial charge on any atom is -0.438 e. The minimum atomic E-state index is 0.630. The van der Waals surface area contributed by atoms with E-state index < -0.39 is 0 Å². The number of rotatable bonds is 5. The SMILES string of the molecule is Cc1cc(CNC2CC2)cc(Oc2ccc(Br)cc2Br)n1. The summed E-state index contributed by atoms with van der Waals surface area (Å²) in [4.78, 5) is 4.45. The third kappa shape index (κ3) is 4.28. The average Bonchev–Trinajstić information content (AvgIpc) is 3.23. The lowest BCUT2D eigenvalue weighted by Crippen LogP contribution is -2.15. The Morgan fingerprint density at radius 1 is 1.24 bits per heavy atom. The van der Waals surface area contributed by atoms with Gasteiger partial charge < -0.3 is 10.1 Å². The molecule has 0 spiro atoms. The summed E-state index contributed by atoms with van der Waals surface area (Å²) >= 11 is 6.94. The van der Waals surface area contributed by atoms with Gasteiger partial charge in [0.25, 0.3) is 0 Å². The summed E-state index contributed by atoms with van der Waals surface area (Å²) in [5.41, 5.74) is 2.17. The second-order valence-electron chi connectivity index (χ2n) is 5.29. The Morgan fingerprint density at radius 2 is 2.05 bits per heavy atom. The lowest BCUT2D eigenvalue weighted by atomic mass is 10.2. The zero-order valence-electron chi connectivity index (χ0n) is 11.7. The van der Waals surface area contributed by atoms with Gasteiger partial charge in [-0.1, -0.05) is 15.9 Å². The van der Waals surface area contributed by atoms with Crippen molar-refractivity contribution in [3.8, 4) is 11.6 Å². The van der Waals surface area contributed by atoms with E-state index in [1.54, 1.807) is 0 Å². The second-order valence-corrected chi connectivity index (χ2v) is 7.06. The molecule has 21 heavy (non-hydrogen) atoms. The van der Waals surface area contributed by atoms with Crippen molar-refractivity contribution in [1.29, 1.82) is 0 Å². The normalized spacial score (nSPS) is 14.2. The van der Waals surface area contributed by atoms with Gasteiger partial charge in [0.15, 0.2) is 0 Å². The van der Waals surface area contributed by atoms with Crippen molar-refractivity contribution in [3.63, 3.8) is 0 Å². The van der Waals surface area contributed by atoms with Crippen molar-refractivity contribution in [1.82, 2.24) is 10.3 Å². The summed E-state index contributed by atoms with van der Waals surface area (Å²) in [5, 5.41) is 3.51. The zero-order chi connectivity index (χ0) is 14.8. The molecule has 1 aliphatic carbocycles. The zero-order valence-corrected chi connectivity index (χ0v) is 14.9. The fourth-order valence-electron chi connectivity index (χ4n) is 2.08. The monoisotopic (exact) mass is 410 g/mol. The van der Waals surface area contributed by atoms with Crippen molar-refractivity contribution in [2.75, 3.05) is 0 Å². The van der Waals surface area contributed by atoms with Gasteiger partial charge in [-0.3, -0.25) is 0 Å². The van der Waals surface area contributed by atoms with Gasteiger partial charge in [0.2, 0.25) is 5.88 Å². The van der Waals surface area contributed by atoms with Crippen LogP contribution in [0, 0.1) is 6.92 Å². The first kappa shape index (κ1) is 15.0. The standard InChI is InChI=1S/C16H16Br2N2O/c1-10-6-11(9-19-13-3-4-13)7-16(20-10)21-15-5-2-12(17)8-14(15)18/h2,5-8,13,19H,3-4,9H2,1H3. The van der Waals surface area contributed by atoms with Crippen LogP contribution >= 0.6 is 31.9 Å². The van der Waals surface area contributed by atoms with E-state index in [9.17, 15) is 0 Å². The number of nitrogens with one attached hydrogen (secondary N) is 1. The van der Waals surface area contributed by atoms with Gasteiger partial charge in [0.1, 0.15) is 5.75 Å². The van der Waals surface area contributed by atoms with E-state index in [0.29, 0.717) is 11.9 Å². The van der Waals surface area contributed by atoms with Gasteiger partial charge >= 0.3 is 0 Å². The molecular weight excluding hydrogens is 396 g/mol. The molecule has 1 aliphatic rings. The summed E-state index contributed by atoms with van der Waals surface area (Å²) in [6.07, 6.45) is 2.58. The fourth-order valence-corrected chi connectivity index (χ4v) is 3.21. The van der Waals surface area contributed by atoms with Gasteiger partial charge in [-0.15, -0.1) is 0 Å². The maximum atomic E-state index is 5.90. The highest BCUT2D eigenvalue weighted by molar-refractivity contribution is 9.11. The molecule has 0 radical (unpaired) electrons. The number of pyridine rings is 1. The topological polar surface area (TPSA) is 34.1 Å². The van der Waals surface area contributed by atoms with Crippen LogP contribution in [0.5, 0.6) is 11.6 Å². The molecule has 0 bridgehead atoms. The Labute approximate surface area is 141 Å². The van der Waals surface area contributed by atoms with E-state index in [-0.39, 0.29) is 0 Å². The van der Waals surface area contributed by atoms with Crippen LogP contribution in [0.15, 0.2) is 39.3 Å². The summed E-state index contributed by atoms with van der Waals surface area (Å²) in [6.45, 7) is 2.86. The first-order valence-corrected chi connectivity index (χ1v) is 8.52. The van der Waals surface area contributed by atoms with Crippen LogP contribution in [0.1, 0.15) is 24.1 Å². The van der Waals surface area contributed by atoms with Crippen LogP contribution in [0.4, 0.5) is 0 Å². The van der Waals surface area contributed by atoms with E-state index >= 15 is 0 Å². The lowest BCUT2D eigenvalue weighted by Gasteiger charge is -2.10. The molecule has 110 valence electrons. The number of aryl methyl sites for hydroxylation is 1. The van der Waals surface area contributed by atoms with E-state index in [2.05, 4.69) is 48.2 Å². The molecule has 1 aromatic heterocycles. The highest BCUT2D eigenvalue weighted by Gasteiger charge is 2.20. The van der Waals surface area contributed by atoms with Gasteiger partial charge in [-0.05, 0) is 65.5 Å². The molecule has 0 unspecified atom stereocenters. The molecule has 1 heterocycles. The molecule has 1 N–H and O–H groups in total. The number of benzene rings is 1. The molecule has 0 aliphatic heterocycles. The van der Waals surface area contributed by atoms with Crippen molar-refractivity contribution < 1.29 is 4.74 Å². The van der Waals surface area contributed by atoms with Gasteiger partial charge in [-0.2, -0.15) is 0 Å². The predicted molar refractivity (Wildman–Crippen MR) is 90.8 cm³/mol. The van der Waals surface area contributed by atoms with Crippen molar-refractivity contribution >= 4 is 31.9 Å². The van der Waals surface area contributed by atoms with E-state index in [1.165, 1.54) is 18.4 Å². The molecule has 1 fully saturated rings. The number of hydrogen-bond acceptors (Lipinski definition) is 3. The molecule has 1 aromatic carbocycles. The third-order valence-corrected chi connectivity index (χ3v) is 4.38. The number of aromatic nitrogens is 1. The van der Waals surface area contributed by atoms with E-state index in [4.69, 9.17) is 4.74 Å². The molecule has 3 rings (SSSR count). The first-order chi connectivity index (χ1) is 10.1. The molecule has 0 saturated heterocycles. The average molecular weight is 412 g/mol.